The molecule has 6 heteroatoms. The summed E-state index contributed by atoms with van der Waals surface area (Å²) in [5.41, 5.74) is 1.59. The molecule has 0 bridgehead atoms. The van der Waals surface area contributed by atoms with Crippen LogP contribution in [0.15, 0.2) is 47.3 Å². The van der Waals surface area contributed by atoms with E-state index in [1.54, 1.807) is 18.2 Å². The molecule has 0 atom stereocenters. The SMILES string of the molecule is Cc1ccccc1OCCN(C)Cc1nc2ccc(Cl)cc2c(=O)[nH]1. The number of aromatic amines is 1. The van der Waals surface area contributed by atoms with Gasteiger partial charge in [0.05, 0.1) is 17.4 Å². The van der Waals surface area contributed by atoms with Crippen molar-refractivity contribution in [2.45, 2.75) is 13.5 Å². The van der Waals surface area contributed by atoms with Crippen molar-refractivity contribution in [2.75, 3.05) is 20.2 Å². The zero-order valence-corrected chi connectivity index (χ0v) is 15.0. The van der Waals surface area contributed by atoms with Crippen LogP contribution in [-0.4, -0.2) is 35.1 Å². The minimum Gasteiger partial charge on any atom is -0.492 e. The number of rotatable bonds is 6. The summed E-state index contributed by atoms with van der Waals surface area (Å²) in [6.07, 6.45) is 0. The molecular formula is C19H20ClN3O2. The Kier molecular flexibility index (Phi) is 5.36. The zero-order valence-electron chi connectivity index (χ0n) is 14.3. The summed E-state index contributed by atoms with van der Waals surface area (Å²) in [5, 5.41) is 1.03. The Balaban J connectivity index is 1.62. The van der Waals surface area contributed by atoms with Crippen molar-refractivity contribution in [2.24, 2.45) is 0 Å². The third-order valence-corrected chi connectivity index (χ3v) is 4.20. The molecule has 1 heterocycles. The second kappa shape index (κ2) is 7.68. The number of halogens is 1. The molecule has 0 aliphatic rings. The van der Waals surface area contributed by atoms with Gasteiger partial charge in [-0.25, -0.2) is 4.98 Å². The fraction of sp³-hybridized carbons (Fsp3) is 0.263. The van der Waals surface area contributed by atoms with Crippen molar-refractivity contribution < 1.29 is 4.74 Å². The van der Waals surface area contributed by atoms with E-state index in [1.807, 2.05) is 38.2 Å². The lowest BCUT2D eigenvalue weighted by atomic mass is 10.2. The molecule has 3 aromatic rings. The average molecular weight is 358 g/mol. The highest BCUT2D eigenvalue weighted by Crippen LogP contribution is 2.16. The Morgan fingerprint density at radius 3 is 2.84 bits per heavy atom. The highest BCUT2D eigenvalue weighted by molar-refractivity contribution is 6.31. The van der Waals surface area contributed by atoms with E-state index >= 15 is 0 Å². The first-order valence-electron chi connectivity index (χ1n) is 8.08. The quantitative estimate of drug-likeness (QED) is 0.734. The van der Waals surface area contributed by atoms with Crippen LogP contribution < -0.4 is 10.3 Å². The van der Waals surface area contributed by atoms with Crippen LogP contribution in [0.4, 0.5) is 0 Å². The van der Waals surface area contributed by atoms with Crippen LogP contribution in [0.3, 0.4) is 0 Å². The predicted molar refractivity (Wildman–Crippen MR) is 100 cm³/mol. The number of aryl methyl sites for hydroxylation is 1. The molecule has 1 aromatic heterocycles. The maximum atomic E-state index is 12.2. The molecule has 130 valence electrons. The van der Waals surface area contributed by atoms with Crippen LogP contribution in [0.2, 0.25) is 5.02 Å². The summed E-state index contributed by atoms with van der Waals surface area (Å²) in [4.78, 5) is 21.5. The van der Waals surface area contributed by atoms with Gasteiger partial charge in [0.15, 0.2) is 0 Å². The number of H-pyrrole nitrogens is 1. The highest BCUT2D eigenvalue weighted by atomic mass is 35.5. The van der Waals surface area contributed by atoms with Crippen LogP contribution in [0.1, 0.15) is 11.4 Å². The number of nitrogens with one attached hydrogen (secondary N) is 1. The van der Waals surface area contributed by atoms with E-state index in [4.69, 9.17) is 16.3 Å². The van der Waals surface area contributed by atoms with E-state index in [0.29, 0.717) is 34.9 Å². The van der Waals surface area contributed by atoms with E-state index in [1.165, 1.54) is 0 Å². The van der Waals surface area contributed by atoms with Crippen LogP contribution >= 0.6 is 11.6 Å². The summed E-state index contributed by atoms with van der Waals surface area (Å²) in [6, 6.07) is 13.1. The lowest BCUT2D eigenvalue weighted by Crippen LogP contribution is -2.26. The van der Waals surface area contributed by atoms with Crippen LogP contribution in [0.5, 0.6) is 5.75 Å². The molecule has 0 saturated heterocycles. The Morgan fingerprint density at radius 1 is 1.24 bits per heavy atom. The van der Waals surface area contributed by atoms with Crippen molar-refractivity contribution in [1.29, 1.82) is 0 Å². The van der Waals surface area contributed by atoms with Gasteiger partial charge in [-0.2, -0.15) is 0 Å². The number of nitrogens with zero attached hydrogens (tertiary/aromatic N) is 2. The molecule has 0 radical (unpaired) electrons. The molecule has 5 nitrogen and oxygen atoms in total. The number of para-hydroxylation sites is 1. The molecule has 3 rings (SSSR count). The third kappa shape index (κ3) is 4.38. The van der Waals surface area contributed by atoms with E-state index < -0.39 is 0 Å². The number of ether oxygens (including phenoxy) is 1. The summed E-state index contributed by atoms with van der Waals surface area (Å²) in [5.74, 6) is 1.52. The van der Waals surface area contributed by atoms with Gasteiger partial charge in [0.1, 0.15) is 18.2 Å². The van der Waals surface area contributed by atoms with Gasteiger partial charge in [-0.05, 0) is 43.8 Å². The predicted octanol–water partition coefficient (Wildman–Crippen LogP) is 3.40. The minimum absolute atomic E-state index is 0.174. The van der Waals surface area contributed by atoms with Crippen molar-refractivity contribution in [1.82, 2.24) is 14.9 Å². The van der Waals surface area contributed by atoms with Gasteiger partial charge in [-0.15, -0.1) is 0 Å². The van der Waals surface area contributed by atoms with Crippen molar-refractivity contribution in [3.8, 4) is 5.75 Å². The number of benzene rings is 2. The van der Waals surface area contributed by atoms with Crippen LogP contribution in [-0.2, 0) is 6.54 Å². The Morgan fingerprint density at radius 2 is 2.04 bits per heavy atom. The fourth-order valence-corrected chi connectivity index (χ4v) is 2.77. The summed E-state index contributed by atoms with van der Waals surface area (Å²) in [7, 11) is 1.97. The second-order valence-corrected chi connectivity index (χ2v) is 6.46. The molecule has 0 amide bonds. The highest BCUT2D eigenvalue weighted by Gasteiger charge is 2.08. The largest absolute Gasteiger partial charge is 0.492 e. The number of likely N-dealkylation sites (N-methyl/N-ethyl adjacent to an activating group) is 1. The molecule has 0 fully saturated rings. The molecule has 0 aliphatic heterocycles. The molecule has 2 aromatic carbocycles. The molecular weight excluding hydrogens is 338 g/mol. The first kappa shape index (κ1) is 17.5. The van der Waals surface area contributed by atoms with Gasteiger partial charge < -0.3 is 9.72 Å². The van der Waals surface area contributed by atoms with Gasteiger partial charge >= 0.3 is 0 Å². The minimum atomic E-state index is -0.174. The molecule has 0 unspecified atom stereocenters. The molecule has 0 spiro atoms. The Hall–Kier alpha value is -2.37. The first-order chi connectivity index (χ1) is 12.0. The maximum Gasteiger partial charge on any atom is 0.258 e. The maximum absolute atomic E-state index is 12.2. The van der Waals surface area contributed by atoms with Crippen molar-refractivity contribution in [3.63, 3.8) is 0 Å². The van der Waals surface area contributed by atoms with Gasteiger partial charge in [0.2, 0.25) is 0 Å². The Bertz CT molecular complexity index is 939. The van der Waals surface area contributed by atoms with Crippen LogP contribution in [0, 0.1) is 6.92 Å². The number of hydrogen-bond donors (Lipinski definition) is 1. The van der Waals surface area contributed by atoms with Gasteiger partial charge in [-0.3, -0.25) is 9.69 Å². The monoisotopic (exact) mass is 357 g/mol. The number of fused-ring (bicyclic) bond motifs is 1. The van der Waals surface area contributed by atoms with E-state index in [2.05, 4.69) is 14.9 Å². The molecule has 25 heavy (non-hydrogen) atoms. The smallest absolute Gasteiger partial charge is 0.258 e. The fourth-order valence-electron chi connectivity index (χ4n) is 2.60. The standard InChI is InChI=1S/C19H20ClN3O2/c1-13-5-3-4-6-17(13)25-10-9-23(2)12-18-21-16-8-7-14(20)11-15(16)19(24)22-18/h3-8,11H,9-10,12H2,1-2H3,(H,21,22,24). The second-order valence-electron chi connectivity index (χ2n) is 6.03. The number of hydrogen-bond acceptors (Lipinski definition) is 4. The molecule has 0 saturated carbocycles. The molecule has 1 N–H and O–H groups in total. The first-order valence-corrected chi connectivity index (χ1v) is 8.46. The van der Waals surface area contributed by atoms with E-state index in [-0.39, 0.29) is 5.56 Å². The lowest BCUT2D eigenvalue weighted by molar-refractivity contribution is 0.229. The summed E-state index contributed by atoms with van der Waals surface area (Å²) < 4.78 is 5.80. The van der Waals surface area contributed by atoms with Crippen molar-refractivity contribution in [3.05, 3.63) is 69.2 Å². The number of aromatic nitrogens is 2. The summed E-state index contributed by atoms with van der Waals surface area (Å²) >= 11 is 5.93. The third-order valence-electron chi connectivity index (χ3n) is 3.96. The molecule has 0 aliphatic carbocycles. The zero-order chi connectivity index (χ0) is 17.8. The summed E-state index contributed by atoms with van der Waals surface area (Å²) in [6.45, 7) is 3.84. The van der Waals surface area contributed by atoms with Gasteiger partial charge in [-0.1, -0.05) is 29.8 Å². The van der Waals surface area contributed by atoms with E-state index in [0.717, 1.165) is 17.9 Å². The van der Waals surface area contributed by atoms with Crippen LogP contribution in [0.25, 0.3) is 10.9 Å². The average Bonchev–Trinajstić information content (AvgIpc) is 2.57. The van der Waals surface area contributed by atoms with Crippen molar-refractivity contribution >= 4 is 22.5 Å². The van der Waals surface area contributed by atoms with Gasteiger partial charge in [0.25, 0.3) is 5.56 Å². The lowest BCUT2D eigenvalue weighted by Gasteiger charge is -2.17. The topological polar surface area (TPSA) is 58.2 Å². The Labute approximate surface area is 151 Å². The van der Waals surface area contributed by atoms with Gasteiger partial charge in [0, 0.05) is 11.6 Å². The van der Waals surface area contributed by atoms with E-state index in [9.17, 15) is 4.79 Å². The normalized spacial score (nSPS) is 11.2.